The van der Waals surface area contributed by atoms with E-state index in [1.54, 1.807) is 31.4 Å². The second-order valence-corrected chi connectivity index (χ2v) is 4.53. The van der Waals surface area contributed by atoms with Gasteiger partial charge in [0.25, 0.3) is 0 Å². The lowest BCUT2D eigenvalue weighted by Crippen LogP contribution is -2.30. The van der Waals surface area contributed by atoms with Crippen LogP contribution in [0.15, 0.2) is 24.3 Å². The molecule has 1 aliphatic rings. The van der Waals surface area contributed by atoms with Gasteiger partial charge in [-0.3, -0.25) is 9.69 Å². The zero-order valence-electron chi connectivity index (χ0n) is 11.9. The SMILES string of the molecule is COCCNCC(=O)Nc1cccc(N2CCOC2=O)c1. The number of hydrogen-bond donors (Lipinski definition) is 2. The van der Waals surface area contributed by atoms with Gasteiger partial charge < -0.3 is 20.1 Å². The van der Waals surface area contributed by atoms with E-state index in [1.807, 2.05) is 0 Å². The number of nitrogens with one attached hydrogen (secondary N) is 2. The van der Waals surface area contributed by atoms with Crippen molar-refractivity contribution in [3.8, 4) is 0 Å². The van der Waals surface area contributed by atoms with Gasteiger partial charge in [0, 0.05) is 25.0 Å². The summed E-state index contributed by atoms with van der Waals surface area (Å²) in [5.74, 6) is -0.146. The molecule has 0 aliphatic carbocycles. The van der Waals surface area contributed by atoms with Crippen molar-refractivity contribution in [1.82, 2.24) is 5.32 Å². The van der Waals surface area contributed by atoms with Crippen molar-refractivity contribution in [3.63, 3.8) is 0 Å². The Kier molecular flexibility index (Phi) is 5.53. The van der Waals surface area contributed by atoms with E-state index >= 15 is 0 Å². The Labute approximate surface area is 123 Å². The molecule has 1 saturated heterocycles. The van der Waals surface area contributed by atoms with Crippen LogP contribution in [0, 0.1) is 0 Å². The highest BCUT2D eigenvalue weighted by Crippen LogP contribution is 2.22. The van der Waals surface area contributed by atoms with Crippen molar-refractivity contribution in [2.45, 2.75) is 0 Å². The van der Waals surface area contributed by atoms with Crippen molar-refractivity contribution < 1.29 is 19.1 Å². The second kappa shape index (κ2) is 7.61. The lowest BCUT2D eigenvalue weighted by atomic mass is 10.2. The van der Waals surface area contributed by atoms with Gasteiger partial charge in [0.15, 0.2) is 0 Å². The van der Waals surface area contributed by atoms with Crippen LogP contribution in [-0.2, 0) is 14.3 Å². The monoisotopic (exact) mass is 293 g/mol. The number of benzene rings is 1. The zero-order chi connectivity index (χ0) is 15.1. The quantitative estimate of drug-likeness (QED) is 0.728. The molecule has 0 radical (unpaired) electrons. The molecule has 7 heteroatoms. The minimum atomic E-state index is -0.361. The number of cyclic esters (lactones) is 1. The van der Waals surface area contributed by atoms with Crippen LogP contribution in [0.4, 0.5) is 16.2 Å². The van der Waals surface area contributed by atoms with E-state index in [-0.39, 0.29) is 18.5 Å². The third-order valence-corrected chi connectivity index (χ3v) is 2.97. The molecule has 2 rings (SSSR count). The van der Waals surface area contributed by atoms with Gasteiger partial charge in [0.1, 0.15) is 6.61 Å². The molecule has 21 heavy (non-hydrogen) atoms. The average Bonchev–Trinajstić information content (AvgIpc) is 2.90. The van der Waals surface area contributed by atoms with Crippen LogP contribution in [0.3, 0.4) is 0 Å². The Bertz CT molecular complexity index is 507. The number of nitrogens with zero attached hydrogens (tertiary/aromatic N) is 1. The molecule has 1 heterocycles. The lowest BCUT2D eigenvalue weighted by Gasteiger charge is -2.14. The Morgan fingerprint density at radius 2 is 2.33 bits per heavy atom. The van der Waals surface area contributed by atoms with Crippen LogP contribution in [0.1, 0.15) is 0 Å². The van der Waals surface area contributed by atoms with Crippen LogP contribution in [-0.4, -0.2) is 52.0 Å². The first kappa shape index (κ1) is 15.3. The summed E-state index contributed by atoms with van der Waals surface area (Å²) in [5, 5.41) is 5.74. The van der Waals surface area contributed by atoms with E-state index in [2.05, 4.69) is 10.6 Å². The highest BCUT2D eigenvalue weighted by Gasteiger charge is 2.23. The maximum Gasteiger partial charge on any atom is 0.414 e. The van der Waals surface area contributed by atoms with Crippen LogP contribution in [0.5, 0.6) is 0 Å². The largest absolute Gasteiger partial charge is 0.447 e. The molecule has 1 aromatic carbocycles. The highest BCUT2D eigenvalue weighted by atomic mass is 16.6. The van der Waals surface area contributed by atoms with E-state index in [4.69, 9.17) is 9.47 Å². The molecule has 114 valence electrons. The molecule has 1 aliphatic heterocycles. The standard InChI is InChI=1S/C14H19N3O4/c1-20-7-5-15-10-13(18)16-11-3-2-4-12(9-11)17-6-8-21-14(17)19/h2-4,9,15H,5-8,10H2,1H3,(H,16,18). The summed E-state index contributed by atoms with van der Waals surface area (Å²) in [6, 6.07) is 7.12. The third-order valence-electron chi connectivity index (χ3n) is 2.97. The number of hydrogen-bond acceptors (Lipinski definition) is 5. The van der Waals surface area contributed by atoms with Gasteiger partial charge in [-0.25, -0.2) is 4.79 Å². The van der Waals surface area contributed by atoms with E-state index in [0.29, 0.717) is 37.7 Å². The summed E-state index contributed by atoms with van der Waals surface area (Å²) < 4.78 is 9.78. The van der Waals surface area contributed by atoms with E-state index in [9.17, 15) is 9.59 Å². The van der Waals surface area contributed by atoms with Gasteiger partial charge in [0.2, 0.25) is 5.91 Å². The van der Waals surface area contributed by atoms with E-state index in [1.165, 1.54) is 4.90 Å². The summed E-state index contributed by atoms with van der Waals surface area (Å²) in [5.41, 5.74) is 1.35. The number of rotatable bonds is 7. The van der Waals surface area contributed by atoms with Crippen LogP contribution >= 0.6 is 0 Å². The van der Waals surface area contributed by atoms with Gasteiger partial charge in [0.05, 0.1) is 19.7 Å². The fourth-order valence-corrected chi connectivity index (χ4v) is 1.96. The zero-order valence-corrected chi connectivity index (χ0v) is 11.9. The van der Waals surface area contributed by atoms with Gasteiger partial charge >= 0.3 is 6.09 Å². The molecule has 1 aromatic rings. The van der Waals surface area contributed by atoms with Crippen molar-refractivity contribution in [2.24, 2.45) is 0 Å². The van der Waals surface area contributed by atoms with Crippen molar-refractivity contribution in [2.75, 3.05) is 50.2 Å². The number of anilines is 2. The van der Waals surface area contributed by atoms with Gasteiger partial charge in [-0.05, 0) is 18.2 Å². The molecule has 1 fully saturated rings. The predicted octanol–water partition coefficient (Wildman–Crippen LogP) is 0.818. The molecule has 0 spiro atoms. The Morgan fingerprint density at radius 1 is 1.48 bits per heavy atom. The molecule has 2 N–H and O–H groups in total. The summed E-state index contributed by atoms with van der Waals surface area (Å²) >= 11 is 0. The number of carbonyl (C=O) groups is 2. The summed E-state index contributed by atoms with van der Waals surface area (Å²) in [6.07, 6.45) is -0.361. The molecular weight excluding hydrogens is 274 g/mol. The maximum absolute atomic E-state index is 11.8. The third kappa shape index (κ3) is 4.44. The molecule has 2 amide bonds. The summed E-state index contributed by atoms with van der Waals surface area (Å²) in [7, 11) is 1.61. The Hall–Kier alpha value is -2.12. The number of ether oxygens (including phenoxy) is 2. The maximum atomic E-state index is 11.8. The van der Waals surface area contributed by atoms with Crippen LogP contribution < -0.4 is 15.5 Å². The minimum Gasteiger partial charge on any atom is -0.447 e. The second-order valence-electron chi connectivity index (χ2n) is 4.53. The number of methoxy groups -OCH3 is 1. The first-order valence-electron chi connectivity index (χ1n) is 6.74. The summed E-state index contributed by atoms with van der Waals surface area (Å²) in [6.45, 7) is 2.29. The molecule has 0 aromatic heterocycles. The molecule has 7 nitrogen and oxygen atoms in total. The number of amides is 2. The Morgan fingerprint density at radius 3 is 3.05 bits per heavy atom. The van der Waals surface area contributed by atoms with Gasteiger partial charge in [-0.2, -0.15) is 0 Å². The molecule has 0 bridgehead atoms. The van der Waals surface area contributed by atoms with Crippen LogP contribution in [0.25, 0.3) is 0 Å². The van der Waals surface area contributed by atoms with Crippen molar-refractivity contribution in [1.29, 1.82) is 0 Å². The fourth-order valence-electron chi connectivity index (χ4n) is 1.96. The van der Waals surface area contributed by atoms with Crippen molar-refractivity contribution in [3.05, 3.63) is 24.3 Å². The van der Waals surface area contributed by atoms with Crippen LogP contribution in [0.2, 0.25) is 0 Å². The van der Waals surface area contributed by atoms with Gasteiger partial charge in [-0.15, -0.1) is 0 Å². The fraction of sp³-hybridized carbons (Fsp3) is 0.429. The predicted molar refractivity (Wildman–Crippen MR) is 78.5 cm³/mol. The first-order chi connectivity index (χ1) is 10.2. The Balaban J connectivity index is 1.89. The highest BCUT2D eigenvalue weighted by molar-refractivity contribution is 5.94. The number of carbonyl (C=O) groups excluding carboxylic acids is 2. The van der Waals surface area contributed by atoms with Crippen molar-refractivity contribution >= 4 is 23.4 Å². The average molecular weight is 293 g/mol. The molecular formula is C14H19N3O4. The summed E-state index contributed by atoms with van der Waals surface area (Å²) in [4.78, 5) is 24.8. The van der Waals surface area contributed by atoms with E-state index in [0.717, 1.165) is 0 Å². The minimum absolute atomic E-state index is 0.146. The molecule has 0 unspecified atom stereocenters. The lowest BCUT2D eigenvalue weighted by molar-refractivity contribution is -0.115. The normalized spacial score (nSPS) is 14.1. The van der Waals surface area contributed by atoms with E-state index < -0.39 is 0 Å². The topological polar surface area (TPSA) is 79.9 Å². The smallest absolute Gasteiger partial charge is 0.414 e. The first-order valence-corrected chi connectivity index (χ1v) is 6.74. The molecule has 0 atom stereocenters. The molecule has 0 saturated carbocycles. The van der Waals surface area contributed by atoms with Gasteiger partial charge in [-0.1, -0.05) is 6.07 Å².